The van der Waals surface area contributed by atoms with E-state index in [-0.39, 0.29) is 48.3 Å². The van der Waals surface area contributed by atoms with Crippen LogP contribution in [0.4, 0.5) is 32.0 Å². The molecule has 0 radical (unpaired) electrons. The Balaban J connectivity index is 0.000000467. The van der Waals surface area contributed by atoms with E-state index < -0.39 is 44.5 Å². The second-order valence-electron chi connectivity index (χ2n) is 8.56. The molecule has 9 nitrogen and oxygen atoms in total. The zero-order chi connectivity index (χ0) is 31.3. The van der Waals surface area contributed by atoms with Gasteiger partial charge in [0.05, 0.1) is 28.4 Å². The number of hydrogen-bond acceptors (Lipinski definition) is 6. The van der Waals surface area contributed by atoms with Crippen molar-refractivity contribution in [3.8, 4) is 17.0 Å². The molecule has 0 saturated heterocycles. The van der Waals surface area contributed by atoms with Gasteiger partial charge >= 0.3 is 18.3 Å². The number of alkyl halides is 6. The third-order valence-corrected chi connectivity index (χ3v) is 7.43. The van der Waals surface area contributed by atoms with E-state index in [4.69, 9.17) is 9.84 Å². The number of halogens is 6. The van der Waals surface area contributed by atoms with Crippen LogP contribution in [0.2, 0.25) is 0 Å². The van der Waals surface area contributed by atoms with Crippen molar-refractivity contribution in [2.45, 2.75) is 30.6 Å². The van der Waals surface area contributed by atoms with E-state index >= 15 is 0 Å². The normalized spacial score (nSPS) is 13.3. The van der Waals surface area contributed by atoms with Crippen molar-refractivity contribution < 1.29 is 54.2 Å². The number of hydrogen-bond donors (Lipinski definition) is 2. The molecule has 1 aliphatic rings. The summed E-state index contributed by atoms with van der Waals surface area (Å²) >= 11 is 0. The van der Waals surface area contributed by atoms with Crippen molar-refractivity contribution in [3.05, 3.63) is 71.9 Å². The molecule has 0 bridgehead atoms. The predicted octanol–water partition coefficient (Wildman–Crippen LogP) is 4.97. The lowest BCUT2D eigenvalue weighted by molar-refractivity contribution is -0.141. The largest absolute Gasteiger partial charge is 0.489 e. The van der Waals surface area contributed by atoms with Crippen molar-refractivity contribution in [1.29, 1.82) is 0 Å². The molecule has 3 aromatic rings. The molecule has 1 amide bonds. The third kappa shape index (κ3) is 7.90. The lowest BCUT2D eigenvalue weighted by Gasteiger charge is -2.31. The van der Waals surface area contributed by atoms with Crippen molar-refractivity contribution in [2.75, 3.05) is 24.0 Å². The summed E-state index contributed by atoms with van der Waals surface area (Å²) < 4.78 is 111. The molecule has 0 saturated carbocycles. The minimum absolute atomic E-state index is 0.0182. The number of anilines is 1. The first-order chi connectivity index (χ1) is 19.5. The number of carbonyl (C=O) groups excluding carboxylic acids is 1. The number of nitrogens with one attached hydrogen (secondary N) is 1. The predicted molar refractivity (Wildman–Crippen MR) is 137 cm³/mol. The first-order valence-corrected chi connectivity index (χ1v) is 13.5. The summed E-state index contributed by atoms with van der Waals surface area (Å²) in [5.74, 6) is -1.14. The summed E-state index contributed by atoms with van der Waals surface area (Å²) in [5.41, 5.74) is -2.15. The average Bonchev–Trinajstić information content (AvgIpc) is 2.94. The highest BCUT2D eigenvalue weighted by Crippen LogP contribution is 2.39. The van der Waals surface area contributed by atoms with E-state index in [1.54, 1.807) is 6.92 Å². The summed E-state index contributed by atoms with van der Waals surface area (Å²) in [5, 5.41) is 10.2. The van der Waals surface area contributed by atoms with Crippen molar-refractivity contribution in [3.63, 3.8) is 0 Å². The van der Waals surface area contributed by atoms with E-state index in [0.29, 0.717) is 12.5 Å². The number of rotatable bonds is 6. The SMILES string of the molecule is CCC(=O)NCC(=O)O.O=S(=O)(c1cccc(C(F)(F)F)c1)N1CCOc2ccc(-c3cccc(C(F)(F)F)n3)cc21. The van der Waals surface area contributed by atoms with Gasteiger partial charge in [-0.25, -0.2) is 13.4 Å². The van der Waals surface area contributed by atoms with E-state index in [2.05, 4.69) is 10.3 Å². The monoisotopic (exact) mass is 619 g/mol. The zero-order valence-electron chi connectivity index (χ0n) is 21.7. The van der Waals surface area contributed by atoms with Gasteiger partial charge in [-0.05, 0) is 48.5 Å². The smallest absolute Gasteiger partial charge is 0.433 e. The van der Waals surface area contributed by atoms with E-state index in [1.807, 2.05) is 0 Å². The number of ether oxygens (including phenoxy) is 1. The third-order valence-electron chi connectivity index (χ3n) is 5.62. The average molecular weight is 620 g/mol. The number of fused-ring (bicyclic) bond motifs is 1. The molecule has 226 valence electrons. The fraction of sp³-hybridized carbons (Fsp3) is 0.269. The molecule has 2 N–H and O–H groups in total. The molecule has 0 fully saturated rings. The highest BCUT2D eigenvalue weighted by molar-refractivity contribution is 7.92. The summed E-state index contributed by atoms with van der Waals surface area (Å²) in [7, 11) is -4.44. The van der Waals surface area contributed by atoms with Gasteiger partial charge in [0.2, 0.25) is 5.91 Å². The van der Waals surface area contributed by atoms with Crippen molar-refractivity contribution in [2.24, 2.45) is 0 Å². The van der Waals surface area contributed by atoms with E-state index in [9.17, 15) is 44.3 Å². The number of aliphatic carboxylic acids is 1. The van der Waals surface area contributed by atoms with Crippen molar-refractivity contribution >= 4 is 27.6 Å². The summed E-state index contributed by atoms with van der Waals surface area (Å²) in [6, 6.07) is 10.7. The molecule has 0 atom stereocenters. The van der Waals surface area contributed by atoms with Gasteiger partial charge in [0.25, 0.3) is 10.0 Å². The number of carboxylic acids is 1. The second-order valence-corrected chi connectivity index (χ2v) is 10.4. The summed E-state index contributed by atoms with van der Waals surface area (Å²) in [4.78, 5) is 23.2. The Bertz CT molecular complexity index is 1560. The second kappa shape index (κ2) is 12.7. The zero-order valence-corrected chi connectivity index (χ0v) is 22.5. The minimum atomic E-state index is -4.74. The van der Waals surface area contributed by atoms with Crippen LogP contribution in [0.3, 0.4) is 0 Å². The van der Waals surface area contributed by atoms with Crippen LogP contribution in [0.5, 0.6) is 5.75 Å². The Kier molecular flexibility index (Phi) is 9.71. The maximum absolute atomic E-state index is 13.2. The molecule has 42 heavy (non-hydrogen) atoms. The van der Waals surface area contributed by atoms with Crippen LogP contribution in [0.15, 0.2) is 65.6 Å². The van der Waals surface area contributed by atoms with Gasteiger partial charge < -0.3 is 15.2 Å². The van der Waals surface area contributed by atoms with Gasteiger partial charge in [-0.3, -0.25) is 13.9 Å². The minimum Gasteiger partial charge on any atom is -0.489 e. The number of aromatic nitrogens is 1. The number of pyridine rings is 1. The van der Waals surface area contributed by atoms with Crippen LogP contribution < -0.4 is 14.4 Å². The van der Waals surface area contributed by atoms with Crippen LogP contribution in [0.1, 0.15) is 24.6 Å². The molecule has 1 aromatic heterocycles. The molecule has 2 aromatic carbocycles. The number of carboxylic acid groups (broad SMARTS) is 1. The van der Waals surface area contributed by atoms with Gasteiger partial charge in [0.15, 0.2) is 0 Å². The molecule has 0 unspecified atom stereocenters. The standard InChI is InChI=1S/C21H14F6N2O3S.C5H9NO3/c22-20(23,24)14-3-1-4-15(12-14)33(30,31)29-9-10-32-18-8-7-13(11-17(18)29)16-5-2-6-19(28-16)21(25,26)27;1-2-4(7)6-3-5(8)9/h1-8,11-12H,9-10H2;2-3H2,1H3,(H,6,7)(H,8,9). The number of benzene rings is 2. The Labute approximate surface area is 235 Å². The number of nitrogens with zero attached hydrogens (tertiary/aromatic N) is 2. The van der Waals surface area contributed by atoms with Crippen LogP contribution in [0.25, 0.3) is 11.3 Å². The van der Waals surface area contributed by atoms with Crippen LogP contribution in [0, 0.1) is 0 Å². The lowest BCUT2D eigenvalue weighted by Crippen LogP contribution is -2.38. The topological polar surface area (TPSA) is 126 Å². The lowest BCUT2D eigenvalue weighted by atomic mass is 10.1. The Morgan fingerprint density at radius 2 is 1.69 bits per heavy atom. The van der Waals surface area contributed by atoms with Crippen LogP contribution >= 0.6 is 0 Å². The molecule has 0 aliphatic carbocycles. The van der Waals surface area contributed by atoms with Crippen LogP contribution in [-0.4, -0.2) is 50.1 Å². The van der Waals surface area contributed by atoms with E-state index in [0.717, 1.165) is 34.6 Å². The molecule has 0 spiro atoms. The highest BCUT2D eigenvalue weighted by Gasteiger charge is 2.35. The van der Waals surface area contributed by atoms with Gasteiger partial charge in [-0.2, -0.15) is 26.3 Å². The number of amides is 1. The fourth-order valence-corrected chi connectivity index (χ4v) is 5.11. The molecule has 4 rings (SSSR count). The Morgan fingerprint density at radius 1 is 1.00 bits per heavy atom. The first-order valence-electron chi connectivity index (χ1n) is 12.0. The highest BCUT2D eigenvalue weighted by atomic mass is 32.2. The Morgan fingerprint density at radius 3 is 2.31 bits per heavy atom. The maximum atomic E-state index is 13.2. The summed E-state index contributed by atoms with van der Waals surface area (Å²) in [6.45, 7) is 1.11. The number of sulfonamides is 1. The molecule has 2 heterocycles. The van der Waals surface area contributed by atoms with Gasteiger partial charge in [0.1, 0.15) is 24.6 Å². The number of carbonyl (C=O) groups is 2. The molecule has 16 heteroatoms. The molecular formula is C26H23F6N3O6S. The molecular weight excluding hydrogens is 596 g/mol. The van der Waals surface area contributed by atoms with E-state index in [1.165, 1.54) is 24.3 Å². The summed E-state index contributed by atoms with van der Waals surface area (Å²) in [6.07, 6.45) is -9.09. The quantitative estimate of drug-likeness (QED) is 0.373. The van der Waals surface area contributed by atoms with Crippen molar-refractivity contribution in [1.82, 2.24) is 10.3 Å². The van der Waals surface area contributed by atoms with Gasteiger partial charge in [0, 0.05) is 12.0 Å². The Hall–Kier alpha value is -4.34. The van der Waals surface area contributed by atoms with Crippen LogP contribution in [-0.2, 0) is 32.0 Å². The van der Waals surface area contributed by atoms with Gasteiger partial charge in [-0.15, -0.1) is 0 Å². The fourth-order valence-electron chi connectivity index (χ4n) is 3.61. The van der Waals surface area contributed by atoms with Gasteiger partial charge in [-0.1, -0.05) is 19.1 Å². The first kappa shape index (κ1) is 32.2. The molecule has 1 aliphatic heterocycles. The maximum Gasteiger partial charge on any atom is 0.433 e.